The van der Waals surface area contributed by atoms with Crippen LogP contribution >= 0.6 is 0 Å². The number of benzene rings is 1. The number of amides is 1. The Morgan fingerprint density at radius 2 is 2.20 bits per heavy atom. The van der Waals surface area contributed by atoms with E-state index in [1.165, 1.54) is 12.8 Å². The van der Waals surface area contributed by atoms with Gasteiger partial charge in [-0.3, -0.25) is 9.69 Å². The van der Waals surface area contributed by atoms with E-state index in [1.807, 2.05) is 12.1 Å². The minimum absolute atomic E-state index is 0.0534. The molecule has 1 aromatic rings. The maximum atomic E-state index is 11.9. The quantitative estimate of drug-likeness (QED) is 0.887. The molecule has 2 rings (SSSR count). The number of nitrogens with zero attached hydrogens (tertiary/aromatic N) is 2. The van der Waals surface area contributed by atoms with E-state index in [1.54, 1.807) is 12.1 Å². The fourth-order valence-corrected chi connectivity index (χ4v) is 2.72. The number of nitriles is 1. The normalized spacial score (nSPS) is 18.7. The average molecular weight is 271 g/mol. The topological polar surface area (TPSA) is 56.1 Å². The fourth-order valence-electron chi connectivity index (χ4n) is 2.72. The van der Waals surface area contributed by atoms with Crippen molar-refractivity contribution in [1.29, 1.82) is 5.26 Å². The van der Waals surface area contributed by atoms with Crippen molar-refractivity contribution < 1.29 is 4.79 Å². The third kappa shape index (κ3) is 3.82. The number of hydrogen-bond acceptors (Lipinski definition) is 3. The van der Waals surface area contributed by atoms with E-state index in [-0.39, 0.29) is 5.91 Å². The van der Waals surface area contributed by atoms with Gasteiger partial charge < -0.3 is 5.32 Å². The third-order valence-electron chi connectivity index (χ3n) is 3.89. The molecular weight excluding hydrogens is 250 g/mol. The second-order valence-electron chi connectivity index (χ2n) is 5.21. The molecule has 1 unspecified atom stereocenters. The van der Waals surface area contributed by atoms with Crippen LogP contribution in [0.15, 0.2) is 24.3 Å². The Morgan fingerprint density at radius 1 is 1.45 bits per heavy atom. The molecule has 0 bridgehead atoms. The molecule has 20 heavy (non-hydrogen) atoms. The predicted octanol–water partition coefficient (Wildman–Crippen LogP) is 1.70. The first-order chi connectivity index (χ1) is 9.72. The highest BCUT2D eigenvalue weighted by Gasteiger charge is 2.22. The molecule has 1 amide bonds. The van der Waals surface area contributed by atoms with E-state index in [0.29, 0.717) is 18.0 Å². The van der Waals surface area contributed by atoms with Crippen LogP contribution in [-0.2, 0) is 11.2 Å². The summed E-state index contributed by atoms with van der Waals surface area (Å²) in [7, 11) is 0. The highest BCUT2D eigenvalue weighted by atomic mass is 16.1. The maximum Gasteiger partial charge on any atom is 0.224 e. The van der Waals surface area contributed by atoms with Crippen LogP contribution in [0.5, 0.6) is 0 Å². The number of likely N-dealkylation sites (N-methyl/N-ethyl adjacent to an activating group) is 1. The lowest BCUT2D eigenvalue weighted by molar-refractivity contribution is -0.120. The summed E-state index contributed by atoms with van der Waals surface area (Å²) in [5.41, 5.74) is 1.57. The van der Waals surface area contributed by atoms with E-state index in [9.17, 15) is 4.79 Å². The molecule has 1 aromatic carbocycles. The van der Waals surface area contributed by atoms with Crippen molar-refractivity contribution in [1.82, 2.24) is 10.2 Å². The van der Waals surface area contributed by atoms with Gasteiger partial charge in [0, 0.05) is 12.6 Å². The molecule has 4 nitrogen and oxygen atoms in total. The van der Waals surface area contributed by atoms with Gasteiger partial charge in [0.05, 0.1) is 18.1 Å². The van der Waals surface area contributed by atoms with Gasteiger partial charge in [-0.05, 0) is 43.6 Å². The van der Waals surface area contributed by atoms with Gasteiger partial charge >= 0.3 is 0 Å². The lowest BCUT2D eigenvalue weighted by Gasteiger charge is -2.22. The van der Waals surface area contributed by atoms with Crippen LogP contribution in [0.3, 0.4) is 0 Å². The van der Waals surface area contributed by atoms with Gasteiger partial charge in [-0.25, -0.2) is 0 Å². The summed E-state index contributed by atoms with van der Waals surface area (Å²) in [4.78, 5) is 14.3. The zero-order valence-electron chi connectivity index (χ0n) is 11.9. The molecule has 1 aliphatic rings. The van der Waals surface area contributed by atoms with Crippen molar-refractivity contribution in [2.45, 2.75) is 32.2 Å². The van der Waals surface area contributed by atoms with Gasteiger partial charge in [0.1, 0.15) is 0 Å². The van der Waals surface area contributed by atoms with E-state index < -0.39 is 0 Å². The van der Waals surface area contributed by atoms with Gasteiger partial charge in [-0.15, -0.1) is 0 Å². The fraction of sp³-hybridized carbons (Fsp3) is 0.500. The van der Waals surface area contributed by atoms with Crippen LogP contribution in [-0.4, -0.2) is 36.5 Å². The number of rotatable bonds is 5. The molecule has 4 heteroatoms. The summed E-state index contributed by atoms with van der Waals surface area (Å²) in [5.74, 6) is 0.0534. The molecule has 0 spiro atoms. The van der Waals surface area contributed by atoms with Crippen LogP contribution in [0.4, 0.5) is 0 Å². The van der Waals surface area contributed by atoms with E-state index >= 15 is 0 Å². The van der Waals surface area contributed by atoms with Gasteiger partial charge in [-0.2, -0.15) is 5.26 Å². The second-order valence-corrected chi connectivity index (χ2v) is 5.21. The number of carbonyl (C=O) groups excluding carboxylic acids is 1. The summed E-state index contributed by atoms with van der Waals surface area (Å²) in [6, 6.07) is 9.74. The number of carbonyl (C=O) groups is 1. The molecule has 0 aromatic heterocycles. The van der Waals surface area contributed by atoms with Crippen LogP contribution in [0.2, 0.25) is 0 Å². The maximum absolute atomic E-state index is 11.9. The molecule has 1 aliphatic heterocycles. The molecule has 1 atom stereocenters. The highest BCUT2D eigenvalue weighted by molar-refractivity contribution is 5.78. The van der Waals surface area contributed by atoms with Gasteiger partial charge in [-0.1, -0.05) is 19.1 Å². The van der Waals surface area contributed by atoms with Gasteiger partial charge in [0.15, 0.2) is 0 Å². The second kappa shape index (κ2) is 7.06. The number of likely N-dealkylation sites (tertiary alicyclic amines) is 1. The van der Waals surface area contributed by atoms with Crippen LogP contribution in [0.25, 0.3) is 0 Å². The largest absolute Gasteiger partial charge is 0.354 e. The van der Waals surface area contributed by atoms with Crippen LogP contribution in [0, 0.1) is 11.3 Å². The Bertz CT molecular complexity index is 489. The Morgan fingerprint density at radius 3 is 2.85 bits per heavy atom. The molecule has 1 N–H and O–H groups in total. The molecule has 0 radical (unpaired) electrons. The van der Waals surface area contributed by atoms with Gasteiger partial charge in [0.25, 0.3) is 0 Å². The smallest absolute Gasteiger partial charge is 0.224 e. The monoisotopic (exact) mass is 271 g/mol. The van der Waals surface area contributed by atoms with Crippen molar-refractivity contribution in [2.75, 3.05) is 19.6 Å². The summed E-state index contributed by atoms with van der Waals surface area (Å²) in [6.07, 6.45) is 2.78. The molecule has 1 saturated heterocycles. The lowest BCUT2D eigenvalue weighted by atomic mass is 10.1. The molecular formula is C16H21N3O. The minimum Gasteiger partial charge on any atom is -0.354 e. The van der Waals surface area contributed by atoms with Crippen LogP contribution < -0.4 is 5.32 Å². The van der Waals surface area contributed by atoms with Gasteiger partial charge in [0.2, 0.25) is 5.91 Å². The summed E-state index contributed by atoms with van der Waals surface area (Å²) < 4.78 is 0. The van der Waals surface area contributed by atoms with E-state index in [0.717, 1.165) is 25.2 Å². The van der Waals surface area contributed by atoms with Crippen molar-refractivity contribution >= 4 is 5.91 Å². The Hall–Kier alpha value is -1.86. The first-order valence-electron chi connectivity index (χ1n) is 7.22. The van der Waals surface area contributed by atoms with Crippen LogP contribution in [0.1, 0.15) is 30.9 Å². The van der Waals surface area contributed by atoms with Crippen molar-refractivity contribution in [3.05, 3.63) is 35.4 Å². The minimum atomic E-state index is 0.0534. The highest BCUT2D eigenvalue weighted by Crippen LogP contribution is 2.15. The van der Waals surface area contributed by atoms with Crippen molar-refractivity contribution in [3.63, 3.8) is 0 Å². The van der Waals surface area contributed by atoms with E-state index in [2.05, 4.69) is 23.2 Å². The van der Waals surface area contributed by atoms with Crippen molar-refractivity contribution in [3.8, 4) is 6.07 Å². The summed E-state index contributed by atoms with van der Waals surface area (Å²) in [5, 5.41) is 11.8. The average Bonchev–Trinajstić information content (AvgIpc) is 2.93. The third-order valence-corrected chi connectivity index (χ3v) is 3.89. The lowest BCUT2D eigenvalue weighted by Crippen LogP contribution is -2.40. The number of hydrogen-bond donors (Lipinski definition) is 1. The summed E-state index contributed by atoms with van der Waals surface area (Å²) >= 11 is 0. The predicted molar refractivity (Wildman–Crippen MR) is 78.1 cm³/mol. The van der Waals surface area contributed by atoms with E-state index in [4.69, 9.17) is 5.26 Å². The zero-order chi connectivity index (χ0) is 14.4. The SMILES string of the molecule is CCN1CCCC1CNC(=O)Cc1ccc(C#N)cc1. The molecule has 1 fully saturated rings. The Labute approximate surface area is 120 Å². The first kappa shape index (κ1) is 14.5. The first-order valence-corrected chi connectivity index (χ1v) is 7.22. The molecule has 106 valence electrons. The zero-order valence-corrected chi connectivity index (χ0v) is 11.9. The Balaban J connectivity index is 1.79. The summed E-state index contributed by atoms with van der Waals surface area (Å²) in [6.45, 7) is 5.10. The standard InChI is InChI=1S/C16H21N3O/c1-2-19-9-3-4-15(19)12-18-16(20)10-13-5-7-14(11-17)8-6-13/h5-8,15H,2-4,9-10,12H2,1H3,(H,18,20). The number of nitrogens with one attached hydrogen (secondary N) is 1. The van der Waals surface area contributed by atoms with Crippen molar-refractivity contribution in [2.24, 2.45) is 0 Å². The molecule has 1 heterocycles. The Kier molecular flexibility index (Phi) is 5.14. The molecule has 0 aliphatic carbocycles. The molecule has 0 saturated carbocycles.